The molecule has 0 aromatic heterocycles. The fraction of sp³-hybridized carbons (Fsp3) is 0.571. The normalized spacial score (nSPS) is 18.0. The van der Waals surface area contributed by atoms with E-state index in [9.17, 15) is 12.8 Å². The summed E-state index contributed by atoms with van der Waals surface area (Å²) >= 11 is 5.87. The molecule has 4 nitrogen and oxygen atoms in total. The average Bonchev–Trinajstić information content (AvgIpc) is 2.45. The summed E-state index contributed by atoms with van der Waals surface area (Å²) in [7, 11) is -3.86. The zero-order chi connectivity index (χ0) is 15.5. The number of nitrogens with one attached hydrogen (secondary N) is 1. The van der Waals surface area contributed by atoms with Crippen LogP contribution in [-0.2, 0) is 10.0 Å². The van der Waals surface area contributed by atoms with Crippen LogP contribution in [0.15, 0.2) is 23.1 Å². The highest BCUT2D eigenvalue weighted by Gasteiger charge is 2.32. The van der Waals surface area contributed by atoms with Crippen molar-refractivity contribution in [2.24, 2.45) is 5.92 Å². The van der Waals surface area contributed by atoms with E-state index in [2.05, 4.69) is 5.32 Å². The van der Waals surface area contributed by atoms with Crippen molar-refractivity contribution in [1.29, 1.82) is 0 Å². The van der Waals surface area contributed by atoms with Crippen LogP contribution < -0.4 is 5.32 Å². The van der Waals surface area contributed by atoms with E-state index in [1.165, 1.54) is 16.4 Å². The Morgan fingerprint density at radius 2 is 2.05 bits per heavy atom. The van der Waals surface area contributed by atoms with Crippen LogP contribution in [0.2, 0.25) is 5.02 Å². The van der Waals surface area contributed by atoms with Crippen LogP contribution in [0.4, 0.5) is 4.39 Å². The maximum atomic E-state index is 13.8. The number of sulfonamides is 1. The lowest BCUT2D eigenvalue weighted by Gasteiger charge is -2.31. The summed E-state index contributed by atoms with van der Waals surface area (Å²) in [5, 5.41) is 3.21. The van der Waals surface area contributed by atoms with E-state index >= 15 is 0 Å². The summed E-state index contributed by atoms with van der Waals surface area (Å²) in [4.78, 5) is -0.406. The Morgan fingerprint density at radius 3 is 2.62 bits per heavy atom. The van der Waals surface area contributed by atoms with Crippen molar-refractivity contribution in [2.75, 3.05) is 26.2 Å². The quantitative estimate of drug-likeness (QED) is 0.900. The topological polar surface area (TPSA) is 49.4 Å². The predicted molar refractivity (Wildman–Crippen MR) is 81.4 cm³/mol. The molecule has 1 heterocycles. The van der Waals surface area contributed by atoms with Crippen LogP contribution in [0.1, 0.15) is 19.8 Å². The summed E-state index contributed by atoms with van der Waals surface area (Å²) in [5.74, 6) is -0.329. The number of halogens is 2. The van der Waals surface area contributed by atoms with Gasteiger partial charge in [0.2, 0.25) is 10.0 Å². The predicted octanol–water partition coefficient (Wildman–Crippen LogP) is 2.49. The second kappa shape index (κ2) is 7.05. The van der Waals surface area contributed by atoms with Gasteiger partial charge < -0.3 is 5.32 Å². The Labute approximate surface area is 130 Å². The number of rotatable bonds is 5. The monoisotopic (exact) mass is 334 g/mol. The lowest BCUT2D eigenvalue weighted by Crippen LogP contribution is -2.41. The van der Waals surface area contributed by atoms with Gasteiger partial charge in [0.1, 0.15) is 10.7 Å². The molecule has 1 saturated heterocycles. The number of nitrogens with zero attached hydrogens (tertiary/aromatic N) is 1. The zero-order valence-corrected chi connectivity index (χ0v) is 13.6. The van der Waals surface area contributed by atoms with E-state index in [4.69, 9.17) is 11.6 Å². The SMILES string of the molecule is CCNCC1CCN(S(=O)(=O)c2c(F)cccc2Cl)CC1. The largest absolute Gasteiger partial charge is 0.317 e. The van der Waals surface area contributed by atoms with Crippen molar-refractivity contribution in [3.63, 3.8) is 0 Å². The molecule has 0 unspecified atom stereocenters. The maximum Gasteiger partial charge on any atom is 0.247 e. The first kappa shape index (κ1) is 16.7. The van der Waals surface area contributed by atoms with Gasteiger partial charge >= 0.3 is 0 Å². The molecular formula is C14H20ClFN2O2S. The zero-order valence-electron chi connectivity index (χ0n) is 12.0. The Hall–Kier alpha value is -0.690. The van der Waals surface area contributed by atoms with Gasteiger partial charge in [-0.25, -0.2) is 12.8 Å². The van der Waals surface area contributed by atoms with Gasteiger partial charge in [-0.15, -0.1) is 0 Å². The fourth-order valence-corrected chi connectivity index (χ4v) is 4.59. The van der Waals surface area contributed by atoms with Gasteiger partial charge in [-0.1, -0.05) is 24.6 Å². The molecule has 1 aromatic carbocycles. The molecule has 1 aliphatic rings. The molecule has 0 bridgehead atoms. The maximum absolute atomic E-state index is 13.8. The number of piperidine rings is 1. The highest BCUT2D eigenvalue weighted by Crippen LogP contribution is 2.29. The van der Waals surface area contributed by atoms with Gasteiger partial charge in [-0.2, -0.15) is 4.31 Å². The Balaban J connectivity index is 2.12. The number of hydrogen-bond donors (Lipinski definition) is 1. The van der Waals surface area contributed by atoms with E-state index in [0.29, 0.717) is 19.0 Å². The Kier molecular flexibility index (Phi) is 5.60. The molecular weight excluding hydrogens is 315 g/mol. The standard InChI is InChI=1S/C14H20ClFN2O2S/c1-2-17-10-11-6-8-18(9-7-11)21(19,20)14-12(15)4-3-5-13(14)16/h3-5,11,17H,2,6-10H2,1H3. The van der Waals surface area contributed by atoms with Gasteiger partial charge in [0.05, 0.1) is 5.02 Å². The van der Waals surface area contributed by atoms with Crippen molar-refractivity contribution < 1.29 is 12.8 Å². The number of benzene rings is 1. The second-order valence-corrected chi connectivity index (χ2v) is 7.49. The molecule has 0 atom stereocenters. The molecule has 1 aliphatic heterocycles. The first-order chi connectivity index (χ1) is 9.96. The average molecular weight is 335 g/mol. The second-order valence-electron chi connectivity index (χ2n) is 5.21. The van der Waals surface area contributed by atoms with Crippen molar-refractivity contribution in [3.05, 3.63) is 29.0 Å². The molecule has 7 heteroatoms. The van der Waals surface area contributed by atoms with E-state index in [0.717, 1.165) is 32.0 Å². The molecule has 118 valence electrons. The van der Waals surface area contributed by atoms with Crippen LogP contribution >= 0.6 is 11.6 Å². The van der Waals surface area contributed by atoms with Gasteiger partial charge in [0.25, 0.3) is 0 Å². The van der Waals surface area contributed by atoms with Crippen molar-refractivity contribution in [1.82, 2.24) is 9.62 Å². The Morgan fingerprint density at radius 1 is 1.38 bits per heavy atom. The van der Waals surface area contributed by atoms with Crippen LogP contribution in [0.5, 0.6) is 0 Å². The fourth-order valence-electron chi connectivity index (χ4n) is 2.56. The lowest BCUT2D eigenvalue weighted by molar-refractivity contribution is 0.268. The molecule has 21 heavy (non-hydrogen) atoms. The summed E-state index contributed by atoms with van der Waals surface area (Å²) in [6, 6.07) is 3.92. The van der Waals surface area contributed by atoms with Crippen LogP contribution in [0, 0.1) is 11.7 Å². The van der Waals surface area contributed by atoms with Crippen molar-refractivity contribution >= 4 is 21.6 Å². The smallest absolute Gasteiger partial charge is 0.247 e. The molecule has 1 N–H and O–H groups in total. The molecule has 0 radical (unpaired) electrons. The van der Waals surface area contributed by atoms with Crippen molar-refractivity contribution in [3.8, 4) is 0 Å². The van der Waals surface area contributed by atoms with Gasteiger partial charge in [0, 0.05) is 13.1 Å². The molecule has 0 amide bonds. The Bertz CT molecular complexity index is 566. The highest BCUT2D eigenvalue weighted by atomic mass is 35.5. The first-order valence-electron chi connectivity index (χ1n) is 7.11. The molecule has 1 aromatic rings. The van der Waals surface area contributed by atoms with Gasteiger partial charge in [0.15, 0.2) is 0 Å². The third kappa shape index (κ3) is 3.74. The summed E-state index contributed by atoms with van der Waals surface area (Å²) < 4.78 is 40.2. The molecule has 0 saturated carbocycles. The highest BCUT2D eigenvalue weighted by molar-refractivity contribution is 7.89. The van der Waals surface area contributed by atoms with Crippen LogP contribution in [0.25, 0.3) is 0 Å². The minimum absolute atomic E-state index is 0.0650. The first-order valence-corrected chi connectivity index (χ1v) is 8.93. The van der Waals surface area contributed by atoms with E-state index in [1.54, 1.807) is 0 Å². The number of hydrogen-bond acceptors (Lipinski definition) is 3. The van der Waals surface area contributed by atoms with E-state index < -0.39 is 20.7 Å². The molecule has 1 fully saturated rings. The van der Waals surface area contributed by atoms with Crippen LogP contribution in [0.3, 0.4) is 0 Å². The van der Waals surface area contributed by atoms with Gasteiger partial charge in [-0.05, 0) is 44.0 Å². The summed E-state index contributed by atoms with van der Waals surface area (Å²) in [6.45, 7) is 4.65. The lowest BCUT2D eigenvalue weighted by atomic mass is 9.98. The molecule has 2 rings (SSSR count). The molecule has 0 aliphatic carbocycles. The van der Waals surface area contributed by atoms with E-state index in [1.807, 2.05) is 6.92 Å². The minimum Gasteiger partial charge on any atom is -0.317 e. The van der Waals surface area contributed by atoms with Gasteiger partial charge in [-0.3, -0.25) is 0 Å². The van der Waals surface area contributed by atoms with E-state index in [-0.39, 0.29) is 5.02 Å². The third-order valence-electron chi connectivity index (χ3n) is 3.77. The minimum atomic E-state index is -3.86. The summed E-state index contributed by atoms with van der Waals surface area (Å²) in [5.41, 5.74) is 0. The van der Waals surface area contributed by atoms with Crippen LogP contribution in [-0.4, -0.2) is 38.9 Å². The molecule has 0 spiro atoms. The third-order valence-corrected chi connectivity index (χ3v) is 6.18. The van der Waals surface area contributed by atoms with Crippen molar-refractivity contribution in [2.45, 2.75) is 24.7 Å². The summed E-state index contributed by atoms with van der Waals surface area (Å²) in [6.07, 6.45) is 1.55.